The van der Waals surface area contributed by atoms with E-state index in [1.54, 1.807) is 6.26 Å². The van der Waals surface area contributed by atoms with E-state index in [-0.39, 0.29) is 11.4 Å². The van der Waals surface area contributed by atoms with Crippen molar-refractivity contribution in [3.05, 3.63) is 28.3 Å². The molecular weight excluding hydrogens is 272 g/mol. The van der Waals surface area contributed by atoms with Crippen molar-refractivity contribution in [3.8, 4) is 5.75 Å². The Balaban J connectivity index is 3.08. The van der Waals surface area contributed by atoms with Crippen LogP contribution in [-0.4, -0.2) is 41.2 Å². The SMILES string of the molecule is COc1ccc([N+](=O)[O-])c(N[C@@H](CSC)C(=O)O)c1. The van der Waals surface area contributed by atoms with Crippen LogP contribution in [0.15, 0.2) is 18.2 Å². The molecule has 0 aliphatic heterocycles. The first-order valence-corrected chi connectivity index (χ1v) is 6.69. The van der Waals surface area contributed by atoms with Crippen molar-refractivity contribution in [2.75, 3.05) is 24.4 Å². The molecule has 0 aliphatic rings. The number of nitrogens with one attached hydrogen (secondary N) is 1. The summed E-state index contributed by atoms with van der Waals surface area (Å²) in [6, 6.07) is 3.24. The largest absolute Gasteiger partial charge is 0.497 e. The number of hydrogen-bond donors (Lipinski definition) is 2. The Morgan fingerprint density at radius 1 is 1.63 bits per heavy atom. The van der Waals surface area contributed by atoms with Crippen LogP contribution in [0.25, 0.3) is 0 Å². The maximum Gasteiger partial charge on any atom is 0.326 e. The lowest BCUT2D eigenvalue weighted by Crippen LogP contribution is -2.31. The van der Waals surface area contributed by atoms with Crippen LogP contribution in [0.1, 0.15) is 0 Å². The number of rotatable bonds is 7. The molecule has 0 aliphatic carbocycles. The monoisotopic (exact) mass is 286 g/mol. The second kappa shape index (κ2) is 6.83. The van der Waals surface area contributed by atoms with Gasteiger partial charge in [0.05, 0.1) is 12.0 Å². The van der Waals surface area contributed by atoms with Gasteiger partial charge in [0.25, 0.3) is 5.69 Å². The maximum atomic E-state index is 11.1. The Bertz CT molecular complexity index is 480. The first-order chi connectivity index (χ1) is 8.99. The molecule has 8 heteroatoms. The molecule has 0 spiro atoms. The Morgan fingerprint density at radius 2 is 2.32 bits per heavy atom. The molecular formula is C11H14N2O5S. The number of nitro benzene ring substituents is 1. The van der Waals surface area contributed by atoms with Gasteiger partial charge in [0.15, 0.2) is 0 Å². The molecule has 1 aromatic rings. The lowest BCUT2D eigenvalue weighted by Gasteiger charge is -2.15. The van der Waals surface area contributed by atoms with E-state index >= 15 is 0 Å². The van der Waals surface area contributed by atoms with Crippen LogP contribution in [0.3, 0.4) is 0 Å². The first kappa shape index (κ1) is 15.1. The van der Waals surface area contributed by atoms with Gasteiger partial charge in [0, 0.05) is 17.9 Å². The minimum absolute atomic E-state index is 0.130. The van der Waals surface area contributed by atoms with Crippen molar-refractivity contribution in [2.24, 2.45) is 0 Å². The number of aliphatic carboxylic acids is 1. The zero-order valence-corrected chi connectivity index (χ0v) is 11.3. The fourth-order valence-corrected chi connectivity index (χ4v) is 2.01. The smallest absolute Gasteiger partial charge is 0.326 e. The molecule has 0 saturated carbocycles. The van der Waals surface area contributed by atoms with E-state index < -0.39 is 16.9 Å². The highest BCUT2D eigenvalue weighted by Gasteiger charge is 2.22. The summed E-state index contributed by atoms with van der Waals surface area (Å²) in [4.78, 5) is 21.4. The summed E-state index contributed by atoms with van der Waals surface area (Å²) >= 11 is 1.34. The van der Waals surface area contributed by atoms with Crippen molar-refractivity contribution < 1.29 is 19.6 Å². The lowest BCUT2D eigenvalue weighted by atomic mass is 10.2. The van der Waals surface area contributed by atoms with Crippen LogP contribution in [0.5, 0.6) is 5.75 Å². The van der Waals surface area contributed by atoms with Gasteiger partial charge in [-0.25, -0.2) is 4.79 Å². The van der Waals surface area contributed by atoms with E-state index in [1.807, 2.05) is 0 Å². The number of benzene rings is 1. The standard InChI is InChI=1S/C11H14N2O5S/c1-18-7-3-4-10(13(16)17)8(5-7)12-9(6-19-2)11(14)15/h3-5,9,12H,6H2,1-2H3,(H,14,15)/t9-/m0/s1. The Kier molecular flexibility index (Phi) is 5.43. The van der Waals surface area contributed by atoms with Gasteiger partial charge in [0.2, 0.25) is 0 Å². The summed E-state index contributed by atoms with van der Waals surface area (Å²) < 4.78 is 4.98. The molecule has 7 nitrogen and oxygen atoms in total. The number of carbonyl (C=O) groups is 1. The van der Waals surface area contributed by atoms with Gasteiger partial charge in [-0.3, -0.25) is 10.1 Å². The molecule has 104 valence electrons. The number of nitrogens with zero attached hydrogens (tertiary/aromatic N) is 1. The molecule has 1 atom stereocenters. The number of nitro groups is 1. The molecule has 1 rings (SSSR count). The van der Waals surface area contributed by atoms with E-state index in [9.17, 15) is 14.9 Å². The number of anilines is 1. The fourth-order valence-electron chi connectivity index (χ4n) is 1.45. The van der Waals surface area contributed by atoms with E-state index in [2.05, 4.69) is 5.32 Å². The summed E-state index contributed by atoms with van der Waals surface area (Å²) in [6.45, 7) is 0. The summed E-state index contributed by atoms with van der Waals surface area (Å²) in [6.07, 6.45) is 1.76. The minimum Gasteiger partial charge on any atom is -0.497 e. The van der Waals surface area contributed by atoms with Crippen LogP contribution >= 0.6 is 11.8 Å². The van der Waals surface area contributed by atoms with E-state index in [0.29, 0.717) is 11.5 Å². The average Bonchev–Trinajstić information content (AvgIpc) is 2.37. The Morgan fingerprint density at radius 3 is 2.79 bits per heavy atom. The van der Waals surface area contributed by atoms with Crippen molar-refractivity contribution in [2.45, 2.75) is 6.04 Å². The number of methoxy groups -OCH3 is 1. The van der Waals surface area contributed by atoms with Crippen molar-refractivity contribution in [1.29, 1.82) is 0 Å². The molecule has 0 unspecified atom stereocenters. The van der Waals surface area contributed by atoms with Gasteiger partial charge in [-0.05, 0) is 12.3 Å². The summed E-state index contributed by atoms with van der Waals surface area (Å²) in [5, 5.41) is 22.6. The molecule has 19 heavy (non-hydrogen) atoms. The Hall–Kier alpha value is -1.96. The van der Waals surface area contributed by atoms with Crippen molar-refractivity contribution in [3.63, 3.8) is 0 Å². The van der Waals surface area contributed by atoms with Crippen LogP contribution < -0.4 is 10.1 Å². The molecule has 2 N–H and O–H groups in total. The second-order valence-electron chi connectivity index (χ2n) is 3.63. The first-order valence-electron chi connectivity index (χ1n) is 5.30. The van der Waals surface area contributed by atoms with Gasteiger partial charge in [0.1, 0.15) is 17.5 Å². The third-order valence-electron chi connectivity index (χ3n) is 2.36. The number of hydrogen-bond acceptors (Lipinski definition) is 6. The molecule has 1 aromatic carbocycles. The van der Waals surface area contributed by atoms with Gasteiger partial charge in [-0.1, -0.05) is 0 Å². The van der Waals surface area contributed by atoms with Gasteiger partial charge >= 0.3 is 5.97 Å². The molecule has 0 saturated heterocycles. The third-order valence-corrected chi connectivity index (χ3v) is 3.03. The van der Waals surface area contributed by atoms with Gasteiger partial charge in [-0.2, -0.15) is 11.8 Å². The highest BCUT2D eigenvalue weighted by atomic mass is 32.2. The molecule has 0 aromatic heterocycles. The number of carboxylic acids is 1. The average molecular weight is 286 g/mol. The lowest BCUT2D eigenvalue weighted by molar-refractivity contribution is -0.384. The summed E-state index contributed by atoms with van der Waals surface area (Å²) in [5.74, 6) is -0.350. The van der Waals surface area contributed by atoms with E-state index in [0.717, 1.165) is 0 Å². The highest BCUT2D eigenvalue weighted by Crippen LogP contribution is 2.29. The molecule has 0 heterocycles. The second-order valence-corrected chi connectivity index (χ2v) is 4.54. The van der Waals surface area contributed by atoms with Crippen molar-refractivity contribution in [1.82, 2.24) is 0 Å². The summed E-state index contributed by atoms with van der Waals surface area (Å²) in [7, 11) is 1.43. The zero-order chi connectivity index (χ0) is 14.4. The van der Waals surface area contributed by atoms with Gasteiger partial charge < -0.3 is 15.2 Å². The van der Waals surface area contributed by atoms with Crippen LogP contribution in [0, 0.1) is 10.1 Å². The predicted octanol–water partition coefficient (Wildman–Crippen LogP) is 1.83. The summed E-state index contributed by atoms with van der Waals surface area (Å²) in [5.41, 5.74) is -0.0565. The van der Waals surface area contributed by atoms with Crippen LogP contribution in [-0.2, 0) is 4.79 Å². The quantitative estimate of drug-likeness (QED) is 0.582. The Labute approximate surface area is 114 Å². The predicted molar refractivity (Wildman–Crippen MR) is 73.1 cm³/mol. The van der Waals surface area contributed by atoms with Crippen molar-refractivity contribution >= 4 is 29.1 Å². The fraction of sp³-hybridized carbons (Fsp3) is 0.364. The third kappa shape index (κ3) is 4.02. The van der Waals surface area contributed by atoms with E-state index in [1.165, 1.54) is 37.1 Å². The van der Waals surface area contributed by atoms with Gasteiger partial charge in [-0.15, -0.1) is 0 Å². The topological polar surface area (TPSA) is 102 Å². The van der Waals surface area contributed by atoms with Crippen LogP contribution in [0.2, 0.25) is 0 Å². The molecule has 0 amide bonds. The molecule has 0 fully saturated rings. The van der Waals surface area contributed by atoms with Crippen LogP contribution in [0.4, 0.5) is 11.4 Å². The minimum atomic E-state index is -1.06. The zero-order valence-electron chi connectivity index (χ0n) is 10.5. The normalized spacial score (nSPS) is 11.7. The van der Waals surface area contributed by atoms with E-state index in [4.69, 9.17) is 9.84 Å². The number of ether oxygens (including phenoxy) is 1. The highest BCUT2D eigenvalue weighted by molar-refractivity contribution is 7.98. The maximum absolute atomic E-state index is 11.1. The molecule has 0 radical (unpaired) electrons. The number of carboxylic acid groups (broad SMARTS) is 1. The number of thioether (sulfide) groups is 1. The molecule has 0 bridgehead atoms.